The molecule has 1 fully saturated rings. The molecule has 1 aliphatic rings. The van der Waals surface area contributed by atoms with Crippen LogP contribution in [0.2, 0.25) is 0 Å². The van der Waals surface area contributed by atoms with Gasteiger partial charge < -0.3 is 14.7 Å². The van der Waals surface area contributed by atoms with E-state index in [0.717, 1.165) is 30.8 Å². The zero-order valence-electron chi connectivity index (χ0n) is 10.6. The molecule has 0 saturated carbocycles. The molecule has 2 unspecified atom stereocenters. The van der Waals surface area contributed by atoms with Gasteiger partial charge in [0.25, 0.3) is 0 Å². The van der Waals surface area contributed by atoms with Gasteiger partial charge in [0.1, 0.15) is 0 Å². The number of rotatable bonds is 3. The van der Waals surface area contributed by atoms with E-state index < -0.39 is 0 Å². The molecule has 0 aliphatic carbocycles. The normalized spacial score (nSPS) is 21.8. The van der Waals surface area contributed by atoms with Crippen molar-refractivity contribution in [1.82, 2.24) is 15.4 Å². The molecule has 5 nitrogen and oxygen atoms in total. The highest BCUT2D eigenvalue weighted by atomic mass is 16.5. The van der Waals surface area contributed by atoms with Gasteiger partial charge in [0.15, 0.2) is 5.76 Å². The monoisotopic (exact) mass is 237 g/mol. The quantitative estimate of drug-likeness (QED) is 0.859. The number of hydrogen-bond acceptors (Lipinski definition) is 4. The summed E-state index contributed by atoms with van der Waals surface area (Å²) in [4.78, 5) is 14.1. The Labute approximate surface area is 101 Å². The lowest BCUT2D eigenvalue weighted by Crippen LogP contribution is -2.43. The molecule has 2 rings (SSSR count). The maximum atomic E-state index is 12.2. The fraction of sp³-hybridized carbons (Fsp3) is 0.667. The van der Waals surface area contributed by atoms with Gasteiger partial charge in [-0.25, -0.2) is 0 Å². The first-order valence-corrected chi connectivity index (χ1v) is 6.04. The van der Waals surface area contributed by atoms with Crippen LogP contribution in [0.3, 0.4) is 0 Å². The van der Waals surface area contributed by atoms with Gasteiger partial charge in [0.05, 0.1) is 17.8 Å². The highest BCUT2D eigenvalue weighted by molar-refractivity contribution is 5.82. The second-order valence-corrected chi connectivity index (χ2v) is 4.57. The van der Waals surface area contributed by atoms with Crippen molar-refractivity contribution in [1.29, 1.82) is 0 Å². The molecule has 1 aromatic rings. The maximum Gasteiger partial charge on any atom is 0.240 e. The van der Waals surface area contributed by atoms with Crippen molar-refractivity contribution in [2.45, 2.75) is 38.8 Å². The summed E-state index contributed by atoms with van der Waals surface area (Å²) in [7, 11) is 1.80. The van der Waals surface area contributed by atoms with Gasteiger partial charge >= 0.3 is 0 Å². The summed E-state index contributed by atoms with van der Waals surface area (Å²) in [5.41, 5.74) is 0.862. The molecule has 0 spiro atoms. The Morgan fingerprint density at radius 3 is 3.06 bits per heavy atom. The molecule has 1 N–H and O–H groups in total. The van der Waals surface area contributed by atoms with Crippen LogP contribution in [0, 0.1) is 6.92 Å². The van der Waals surface area contributed by atoms with E-state index in [1.165, 1.54) is 0 Å². The number of carbonyl (C=O) groups excluding carboxylic acids is 1. The van der Waals surface area contributed by atoms with E-state index in [4.69, 9.17) is 4.52 Å². The molecule has 0 aromatic carbocycles. The highest BCUT2D eigenvalue weighted by Gasteiger charge is 2.34. The van der Waals surface area contributed by atoms with Crippen LogP contribution < -0.4 is 5.32 Å². The first kappa shape index (κ1) is 12.1. The lowest BCUT2D eigenvalue weighted by atomic mass is 10.1. The number of likely N-dealkylation sites (tertiary alicyclic amines) is 1. The van der Waals surface area contributed by atoms with E-state index in [0.29, 0.717) is 0 Å². The smallest absolute Gasteiger partial charge is 0.240 e. The van der Waals surface area contributed by atoms with Crippen molar-refractivity contribution in [2.24, 2.45) is 0 Å². The van der Waals surface area contributed by atoms with Gasteiger partial charge in [-0.15, -0.1) is 0 Å². The van der Waals surface area contributed by atoms with Crippen molar-refractivity contribution >= 4 is 5.91 Å². The first-order valence-electron chi connectivity index (χ1n) is 6.04. The number of amides is 1. The van der Waals surface area contributed by atoms with Gasteiger partial charge in [-0.05, 0) is 33.7 Å². The van der Waals surface area contributed by atoms with Crippen molar-refractivity contribution in [3.05, 3.63) is 17.5 Å². The molecular weight excluding hydrogens is 218 g/mol. The topological polar surface area (TPSA) is 58.4 Å². The van der Waals surface area contributed by atoms with Crippen molar-refractivity contribution in [3.63, 3.8) is 0 Å². The lowest BCUT2D eigenvalue weighted by Gasteiger charge is -2.25. The summed E-state index contributed by atoms with van der Waals surface area (Å²) in [6.07, 6.45) is 1.98. The van der Waals surface area contributed by atoms with Crippen molar-refractivity contribution in [2.75, 3.05) is 13.6 Å². The third-order valence-electron chi connectivity index (χ3n) is 3.31. The van der Waals surface area contributed by atoms with E-state index in [1.54, 1.807) is 7.05 Å². The first-order chi connectivity index (χ1) is 8.13. The average Bonchev–Trinajstić information content (AvgIpc) is 2.94. The number of likely N-dealkylation sites (N-methyl/N-ethyl adjacent to an activating group) is 1. The predicted molar refractivity (Wildman–Crippen MR) is 63.4 cm³/mol. The van der Waals surface area contributed by atoms with Crippen LogP contribution in [-0.4, -0.2) is 35.6 Å². The molecule has 17 heavy (non-hydrogen) atoms. The summed E-state index contributed by atoms with van der Waals surface area (Å²) in [5, 5.41) is 6.87. The molecular formula is C12H19N3O2. The summed E-state index contributed by atoms with van der Waals surface area (Å²) >= 11 is 0. The maximum absolute atomic E-state index is 12.2. The fourth-order valence-corrected chi connectivity index (χ4v) is 2.24. The third-order valence-corrected chi connectivity index (χ3v) is 3.31. The SMILES string of the molecule is CNC(C)C(=O)N1CCCC1c1cc(C)no1. The molecule has 0 radical (unpaired) electrons. The zero-order valence-corrected chi connectivity index (χ0v) is 10.6. The fourth-order valence-electron chi connectivity index (χ4n) is 2.24. The summed E-state index contributed by atoms with van der Waals surface area (Å²) < 4.78 is 5.28. The Hall–Kier alpha value is -1.36. The second kappa shape index (κ2) is 4.87. The van der Waals surface area contributed by atoms with Gasteiger partial charge in [-0.3, -0.25) is 4.79 Å². The van der Waals surface area contributed by atoms with Crippen LogP contribution in [0.15, 0.2) is 10.6 Å². The largest absolute Gasteiger partial charge is 0.359 e. The minimum Gasteiger partial charge on any atom is -0.359 e. The van der Waals surface area contributed by atoms with E-state index in [1.807, 2.05) is 24.8 Å². The van der Waals surface area contributed by atoms with Crippen LogP contribution in [-0.2, 0) is 4.79 Å². The van der Waals surface area contributed by atoms with Crippen molar-refractivity contribution < 1.29 is 9.32 Å². The Morgan fingerprint density at radius 2 is 2.47 bits per heavy atom. The van der Waals surface area contributed by atoms with E-state index >= 15 is 0 Å². The van der Waals surface area contributed by atoms with Crippen molar-refractivity contribution in [3.8, 4) is 0 Å². The molecule has 94 valence electrons. The third kappa shape index (κ3) is 2.34. The van der Waals surface area contributed by atoms with Crippen LogP contribution in [0.5, 0.6) is 0 Å². The number of aromatic nitrogens is 1. The second-order valence-electron chi connectivity index (χ2n) is 4.57. The van der Waals surface area contributed by atoms with Crippen LogP contribution in [0.4, 0.5) is 0 Å². The Balaban J connectivity index is 2.15. The Bertz CT molecular complexity index is 402. The zero-order chi connectivity index (χ0) is 12.4. The summed E-state index contributed by atoms with van der Waals surface area (Å²) in [5.74, 6) is 0.931. The van der Waals surface area contributed by atoms with E-state index in [2.05, 4.69) is 10.5 Å². The molecule has 1 aromatic heterocycles. The minimum atomic E-state index is -0.153. The molecule has 0 bridgehead atoms. The number of aryl methyl sites for hydroxylation is 1. The van der Waals surface area contributed by atoms with Gasteiger partial charge in [0, 0.05) is 12.6 Å². The number of nitrogens with zero attached hydrogens (tertiary/aromatic N) is 2. The molecule has 1 amide bonds. The average molecular weight is 237 g/mol. The molecule has 1 aliphatic heterocycles. The van der Waals surface area contributed by atoms with E-state index in [9.17, 15) is 4.79 Å². The van der Waals surface area contributed by atoms with Crippen LogP contribution in [0.25, 0.3) is 0 Å². The number of nitrogens with one attached hydrogen (secondary N) is 1. The highest BCUT2D eigenvalue weighted by Crippen LogP contribution is 2.32. The standard InChI is InChI=1S/C12H19N3O2/c1-8-7-11(17-14-8)10-5-4-6-15(10)12(16)9(2)13-3/h7,9-10,13H,4-6H2,1-3H3. The Morgan fingerprint density at radius 1 is 1.71 bits per heavy atom. The summed E-state index contributed by atoms with van der Waals surface area (Å²) in [6, 6.07) is 1.82. The predicted octanol–water partition coefficient (Wildman–Crippen LogP) is 1.25. The minimum absolute atomic E-state index is 0.0551. The van der Waals surface area contributed by atoms with Crippen LogP contribution in [0.1, 0.15) is 37.3 Å². The molecule has 5 heteroatoms. The van der Waals surface area contributed by atoms with Crippen LogP contribution >= 0.6 is 0 Å². The Kier molecular flexibility index (Phi) is 3.47. The summed E-state index contributed by atoms with van der Waals surface area (Å²) in [6.45, 7) is 4.57. The van der Waals surface area contributed by atoms with Gasteiger partial charge in [0.2, 0.25) is 5.91 Å². The van der Waals surface area contributed by atoms with Gasteiger partial charge in [-0.2, -0.15) is 0 Å². The number of hydrogen-bond donors (Lipinski definition) is 1. The van der Waals surface area contributed by atoms with Gasteiger partial charge in [-0.1, -0.05) is 5.16 Å². The lowest BCUT2D eigenvalue weighted by molar-refractivity contribution is -0.134. The molecule has 1 saturated heterocycles. The molecule has 2 heterocycles. The molecule has 2 atom stereocenters. The van der Waals surface area contributed by atoms with E-state index in [-0.39, 0.29) is 18.0 Å². The number of carbonyl (C=O) groups is 1.